The van der Waals surface area contributed by atoms with Crippen LogP contribution in [0.3, 0.4) is 0 Å². The fraction of sp³-hybridized carbons (Fsp3) is 0.417. The molecule has 0 radical (unpaired) electrons. The molecular formula is C12H16F2N2O2. The van der Waals surface area contributed by atoms with E-state index in [9.17, 15) is 13.6 Å². The summed E-state index contributed by atoms with van der Waals surface area (Å²) in [6, 6.07) is 3.38. The van der Waals surface area contributed by atoms with Gasteiger partial charge in [0.05, 0.1) is 0 Å². The summed E-state index contributed by atoms with van der Waals surface area (Å²) in [6.45, 7) is 3.51. The van der Waals surface area contributed by atoms with Gasteiger partial charge in [-0.1, -0.05) is 13.0 Å². The number of hydrogen-bond acceptors (Lipinski definition) is 3. The van der Waals surface area contributed by atoms with Crippen molar-refractivity contribution in [1.82, 2.24) is 5.32 Å². The first-order chi connectivity index (χ1) is 8.40. The molecule has 0 aromatic heterocycles. The fourth-order valence-electron chi connectivity index (χ4n) is 1.44. The Morgan fingerprint density at radius 2 is 2.00 bits per heavy atom. The minimum atomic E-state index is -1.18. The van der Waals surface area contributed by atoms with Crippen LogP contribution in [-0.2, 0) is 4.79 Å². The quantitative estimate of drug-likeness (QED) is 0.805. The Morgan fingerprint density at radius 3 is 2.44 bits per heavy atom. The minimum absolute atomic E-state index is 0.256. The first-order valence-electron chi connectivity index (χ1n) is 5.52. The molecule has 0 heterocycles. The lowest BCUT2D eigenvalue weighted by Crippen LogP contribution is -2.57. The molecule has 100 valence electrons. The molecule has 1 unspecified atom stereocenters. The van der Waals surface area contributed by atoms with Gasteiger partial charge >= 0.3 is 0 Å². The Labute approximate surface area is 104 Å². The van der Waals surface area contributed by atoms with Gasteiger partial charge in [-0.2, -0.15) is 0 Å². The number of likely N-dealkylation sites (N-methyl/N-ethyl adjacent to an activating group) is 1. The summed E-state index contributed by atoms with van der Waals surface area (Å²) in [6.07, 6.45) is 0. The minimum Gasteiger partial charge on any atom is -0.485 e. The van der Waals surface area contributed by atoms with E-state index < -0.39 is 28.8 Å². The lowest BCUT2D eigenvalue weighted by Gasteiger charge is -2.26. The van der Waals surface area contributed by atoms with E-state index in [-0.39, 0.29) is 6.61 Å². The molecule has 1 rings (SSSR count). The Morgan fingerprint density at radius 1 is 1.44 bits per heavy atom. The van der Waals surface area contributed by atoms with Gasteiger partial charge in [0.1, 0.15) is 12.1 Å². The first-order valence-corrected chi connectivity index (χ1v) is 5.52. The fourth-order valence-corrected chi connectivity index (χ4v) is 1.44. The lowest BCUT2D eigenvalue weighted by atomic mass is 10.0. The van der Waals surface area contributed by atoms with E-state index in [4.69, 9.17) is 10.5 Å². The van der Waals surface area contributed by atoms with Gasteiger partial charge in [0, 0.05) is 0 Å². The van der Waals surface area contributed by atoms with E-state index in [1.54, 1.807) is 6.92 Å². The molecule has 0 saturated heterocycles. The van der Waals surface area contributed by atoms with E-state index in [1.165, 1.54) is 13.0 Å². The van der Waals surface area contributed by atoms with Crippen molar-refractivity contribution >= 4 is 5.91 Å². The maximum absolute atomic E-state index is 13.3. The molecule has 0 aliphatic heterocycles. The average molecular weight is 258 g/mol. The topological polar surface area (TPSA) is 64.3 Å². The molecule has 4 nitrogen and oxygen atoms in total. The number of ether oxygens (including phenoxy) is 1. The van der Waals surface area contributed by atoms with E-state index in [2.05, 4.69) is 5.32 Å². The maximum atomic E-state index is 13.3. The number of benzene rings is 1. The van der Waals surface area contributed by atoms with Crippen molar-refractivity contribution in [1.29, 1.82) is 0 Å². The molecule has 1 aromatic carbocycles. The van der Waals surface area contributed by atoms with Gasteiger partial charge in [0.25, 0.3) is 0 Å². The number of nitrogens with one attached hydrogen (secondary N) is 1. The highest BCUT2D eigenvalue weighted by Gasteiger charge is 2.31. The summed E-state index contributed by atoms with van der Waals surface area (Å²) in [7, 11) is 0. The summed E-state index contributed by atoms with van der Waals surface area (Å²) in [5.41, 5.74) is 4.05. The zero-order valence-corrected chi connectivity index (χ0v) is 10.3. The van der Waals surface area contributed by atoms with E-state index in [0.29, 0.717) is 6.54 Å². The summed E-state index contributed by atoms with van der Waals surface area (Å²) in [4.78, 5) is 11.3. The highest BCUT2D eigenvalue weighted by Crippen LogP contribution is 2.21. The number of para-hydroxylation sites is 1. The predicted octanol–water partition coefficient (Wildman–Crippen LogP) is 1.20. The first kappa shape index (κ1) is 14.4. The van der Waals surface area contributed by atoms with Crippen LogP contribution in [0.2, 0.25) is 0 Å². The van der Waals surface area contributed by atoms with Crippen LogP contribution in [0.25, 0.3) is 0 Å². The molecule has 0 aliphatic carbocycles. The van der Waals surface area contributed by atoms with Crippen molar-refractivity contribution in [3.63, 3.8) is 0 Å². The molecule has 3 N–H and O–H groups in total. The van der Waals surface area contributed by atoms with Gasteiger partial charge in [-0.15, -0.1) is 0 Å². The lowest BCUT2D eigenvalue weighted by molar-refractivity contribution is -0.125. The highest BCUT2D eigenvalue weighted by atomic mass is 19.1. The van der Waals surface area contributed by atoms with Crippen molar-refractivity contribution in [2.24, 2.45) is 5.73 Å². The molecule has 1 aromatic rings. The number of carbonyl (C=O) groups excluding carboxylic acids is 1. The van der Waals surface area contributed by atoms with Gasteiger partial charge in [0.15, 0.2) is 17.4 Å². The molecule has 0 saturated carbocycles. The van der Waals surface area contributed by atoms with Gasteiger partial charge in [-0.05, 0) is 25.6 Å². The number of hydrogen-bond donors (Lipinski definition) is 2. The molecular weight excluding hydrogens is 242 g/mol. The number of carbonyl (C=O) groups is 1. The summed E-state index contributed by atoms with van der Waals surface area (Å²) >= 11 is 0. The van der Waals surface area contributed by atoms with E-state index >= 15 is 0 Å². The highest BCUT2D eigenvalue weighted by molar-refractivity contribution is 5.84. The standard InChI is InChI=1S/C12H16F2N2O2/c1-3-16-12(2,11(15)17)7-18-10-8(13)5-4-6-9(10)14/h4-6,16H,3,7H2,1-2H3,(H2,15,17). The van der Waals surface area contributed by atoms with Gasteiger partial charge in [-0.3, -0.25) is 4.79 Å². The Kier molecular flexibility index (Phi) is 4.61. The van der Waals surface area contributed by atoms with Crippen LogP contribution in [0.4, 0.5) is 8.78 Å². The van der Waals surface area contributed by atoms with Crippen molar-refractivity contribution in [2.45, 2.75) is 19.4 Å². The third-order valence-corrected chi connectivity index (χ3v) is 2.53. The second-order valence-electron chi connectivity index (χ2n) is 4.07. The van der Waals surface area contributed by atoms with Crippen LogP contribution in [0.15, 0.2) is 18.2 Å². The Balaban J connectivity index is 2.83. The second-order valence-corrected chi connectivity index (χ2v) is 4.07. The summed E-state index contributed by atoms with van der Waals surface area (Å²) < 4.78 is 31.7. The molecule has 0 spiro atoms. The number of rotatable bonds is 6. The van der Waals surface area contributed by atoms with Crippen molar-refractivity contribution in [2.75, 3.05) is 13.2 Å². The number of nitrogens with two attached hydrogens (primary N) is 1. The van der Waals surface area contributed by atoms with Gasteiger partial charge in [-0.25, -0.2) is 8.78 Å². The van der Waals surface area contributed by atoms with Crippen LogP contribution >= 0.6 is 0 Å². The van der Waals surface area contributed by atoms with E-state index in [0.717, 1.165) is 12.1 Å². The molecule has 1 amide bonds. The number of primary amides is 1. The van der Waals surface area contributed by atoms with Crippen molar-refractivity contribution in [3.05, 3.63) is 29.8 Å². The largest absolute Gasteiger partial charge is 0.485 e. The molecule has 0 aliphatic rings. The van der Waals surface area contributed by atoms with Crippen LogP contribution in [0, 0.1) is 11.6 Å². The SMILES string of the molecule is CCNC(C)(COc1c(F)cccc1F)C(N)=O. The van der Waals surface area contributed by atoms with Crippen molar-refractivity contribution in [3.8, 4) is 5.75 Å². The predicted molar refractivity (Wildman–Crippen MR) is 63.1 cm³/mol. The van der Waals surface area contributed by atoms with Gasteiger partial charge < -0.3 is 15.8 Å². The van der Waals surface area contributed by atoms with Crippen LogP contribution in [-0.4, -0.2) is 24.6 Å². The Hall–Kier alpha value is -1.69. The van der Waals surface area contributed by atoms with Crippen LogP contribution in [0.1, 0.15) is 13.8 Å². The normalized spacial score (nSPS) is 14.0. The molecule has 18 heavy (non-hydrogen) atoms. The number of amides is 1. The summed E-state index contributed by atoms with van der Waals surface area (Å²) in [5.74, 6) is -2.80. The smallest absolute Gasteiger partial charge is 0.240 e. The molecule has 0 bridgehead atoms. The second kappa shape index (κ2) is 5.77. The van der Waals surface area contributed by atoms with Crippen LogP contribution in [0.5, 0.6) is 5.75 Å². The molecule has 0 fully saturated rings. The Bertz CT molecular complexity index is 420. The van der Waals surface area contributed by atoms with E-state index in [1.807, 2.05) is 0 Å². The zero-order chi connectivity index (χ0) is 13.8. The third-order valence-electron chi connectivity index (χ3n) is 2.53. The summed E-state index contributed by atoms with van der Waals surface area (Å²) in [5, 5.41) is 2.82. The monoisotopic (exact) mass is 258 g/mol. The van der Waals surface area contributed by atoms with Crippen molar-refractivity contribution < 1.29 is 18.3 Å². The maximum Gasteiger partial charge on any atom is 0.240 e. The van der Waals surface area contributed by atoms with Gasteiger partial charge in [0.2, 0.25) is 5.91 Å². The third kappa shape index (κ3) is 3.16. The average Bonchev–Trinajstić information content (AvgIpc) is 2.28. The molecule has 6 heteroatoms. The zero-order valence-electron chi connectivity index (χ0n) is 10.3. The van der Waals surface area contributed by atoms with Crippen LogP contribution < -0.4 is 15.8 Å². The molecule has 1 atom stereocenters. The number of halogens is 2.